The summed E-state index contributed by atoms with van der Waals surface area (Å²) in [5.41, 5.74) is 4.21. The number of nitrogens with zero attached hydrogens (tertiary/aromatic N) is 1. The molecule has 1 aliphatic rings. The second-order valence-corrected chi connectivity index (χ2v) is 6.54. The number of piperazine rings is 1. The van der Waals surface area contributed by atoms with E-state index in [1.807, 2.05) is 11.3 Å². The second kappa shape index (κ2) is 8.90. The Balaban J connectivity index is 0.00000121. The van der Waals surface area contributed by atoms with E-state index < -0.39 is 0 Å². The lowest BCUT2D eigenvalue weighted by Gasteiger charge is -2.35. The van der Waals surface area contributed by atoms with Gasteiger partial charge in [-0.3, -0.25) is 4.90 Å². The molecular formula is C17H24Cl2N2S. The van der Waals surface area contributed by atoms with Crippen molar-refractivity contribution in [2.24, 2.45) is 0 Å². The fourth-order valence-corrected chi connectivity index (χ4v) is 3.93. The minimum absolute atomic E-state index is 0. The number of hydrogen-bond donors (Lipinski definition) is 1. The summed E-state index contributed by atoms with van der Waals surface area (Å²) in [7, 11) is 0. The van der Waals surface area contributed by atoms with Crippen LogP contribution in [-0.4, -0.2) is 31.1 Å². The lowest BCUT2D eigenvalue weighted by molar-refractivity contribution is 0.200. The smallest absolute Gasteiger partial charge is 0.0699 e. The Kier molecular flexibility index (Phi) is 7.87. The van der Waals surface area contributed by atoms with Gasteiger partial charge in [-0.1, -0.05) is 29.8 Å². The molecule has 1 aromatic carbocycles. The highest BCUT2D eigenvalue weighted by atomic mass is 35.5. The van der Waals surface area contributed by atoms with Crippen LogP contribution in [0, 0.1) is 13.8 Å². The molecule has 2 nitrogen and oxygen atoms in total. The van der Waals surface area contributed by atoms with Gasteiger partial charge in [0.25, 0.3) is 0 Å². The fourth-order valence-electron chi connectivity index (χ4n) is 3.05. The van der Waals surface area contributed by atoms with E-state index >= 15 is 0 Å². The van der Waals surface area contributed by atoms with Crippen molar-refractivity contribution in [1.29, 1.82) is 0 Å². The van der Waals surface area contributed by atoms with Crippen molar-refractivity contribution in [3.63, 3.8) is 0 Å². The van der Waals surface area contributed by atoms with Crippen LogP contribution in [-0.2, 0) is 0 Å². The van der Waals surface area contributed by atoms with Gasteiger partial charge in [0.15, 0.2) is 0 Å². The summed E-state index contributed by atoms with van der Waals surface area (Å²) in [6.45, 7) is 8.83. The maximum Gasteiger partial charge on any atom is 0.0699 e. The molecule has 3 rings (SSSR count). The van der Waals surface area contributed by atoms with Crippen LogP contribution in [0.2, 0.25) is 0 Å². The summed E-state index contributed by atoms with van der Waals surface area (Å²) < 4.78 is 0. The Morgan fingerprint density at radius 2 is 1.82 bits per heavy atom. The van der Waals surface area contributed by atoms with Gasteiger partial charge in [0, 0.05) is 31.1 Å². The molecule has 1 atom stereocenters. The number of thiophene rings is 1. The van der Waals surface area contributed by atoms with Gasteiger partial charge >= 0.3 is 0 Å². The molecule has 1 fully saturated rings. The highest BCUT2D eigenvalue weighted by Crippen LogP contribution is 2.34. The minimum Gasteiger partial charge on any atom is -0.314 e. The Morgan fingerprint density at radius 3 is 2.41 bits per heavy atom. The van der Waals surface area contributed by atoms with Crippen molar-refractivity contribution in [1.82, 2.24) is 10.2 Å². The normalized spacial score (nSPS) is 16.5. The second-order valence-electron chi connectivity index (χ2n) is 5.56. The first-order valence-corrected chi connectivity index (χ1v) is 8.19. The van der Waals surface area contributed by atoms with Crippen LogP contribution in [0.3, 0.4) is 0 Å². The Morgan fingerprint density at radius 1 is 1.09 bits per heavy atom. The lowest BCUT2D eigenvalue weighted by atomic mass is 9.96. The van der Waals surface area contributed by atoms with Crippen LogP contribution in [0.25, 0.3) is 0 Å². The average molecular weight is 359 g/mol. The van der Waals surface area contributed by atoms with E-state index in [1.54, 1.807) is 0 Å². The number of hydrogen-bond acceptors (Lipinski definition) is 3. The summed E-state index contributed by atoms with van der Waals surface area (Å²) in [6.07, 6.45) is 0. The first kappa shape index (κ1) is 19.5. The molecule has 1 aliphatic heterocycles. The molecule has 1 saturated heterocycles. The van der Waals surface area contributed by atoms with Crippen molar-refractivity contribution >= 4 is 36.2 Å². The number of nitrogens with one attached hydrogen (secondary N) is 1. The van der Waals surface area contributed by atoms with E-state index in [0.717, 1.165) is 26.2 Å². The summed E-state index contributed by atoms with van der Waals surface area (Å²) >= 11 is 1.87. The molecular weight excluding hydrogens is 335 g/mol. The first-order valence-electron chi connectivity index (χ1n) is 7.31. The maximum atomic E-state index is 3.45. The van der Waals surface area contributed by atoms with Crippen molar-refractivity contribution in [2.45, 2.75) is 19.9 Å². The molecule has 0 saturated carbocycles. The topological polar surface area (TPSA) is 15.3 Å². The zero-order valence-electron chi connectivity index (χ0n) is 13.0. The van der Waals surface area contributed by atoms with Crippen molar-refractivity contribution < 1.29 is 0 Å². The molecule has 5 heteroatoms. The largest absolute Gasteiger partial charge is 0.314 e. The van der Waals surface area contributed by atoms with Gasteiger partial charge in [0.2, 0.25) is 0 Å². The number of halogens is 2. The summed E-state index contributed by atoms with van der Waals surface area (Å²) in [6, 6.07) is 11.7. The van der Waals surface area contributed by atoms with Gasteiger partial charge in [-0.05, 0) is 36.4 Å². The van der Waals surface area contributed by atoms with Gasteiger partial charge in [-0.2, -0.15) is 0 Å². The Hall–Kier alpha value is -0.580. The van der Waals surface area contributed by atoms with Gasteiger partial charge in [0.05, 0.1) is 6.04 Å². The molecule has 0 aliphatic carbocycles. The van der Waals surface area contributed by atoms with Crippen LogP contribution in [0.4, 0.5) is 0 Å². The Bertz CT molecular complexity index is 566. The molecule has 22 heavy (non-hydrogen) atoms. The van der Waals surface area contributed by atoms with Crippen LogP contribution < -0.4 is 5.32 Å². The monoisotopic (exact) mass is 358 g/mol. The van der Waals surface area contributed by atoms with Crippen molar-refractivity contribution in [2.75, 3.05) is 26.2 Å². The molecule has 0 amide bonds. The summed E-state index contributed by atoms with van der Waals surface area (Å²) in [4.78, 5) is 4.07. The molecule has 0 bridgehead atoms. The summed E-state index contributed by atoms with van der Waals surface area (Å²) in [5, 5.41) is 5.64. The average Bonchev–Trinajstić information content (AvgIpc) is 2.97. The maximum absolute atomic E-state index is 3.45. The van der Waals surface area contributed by atoms with Gasteiger partial charge in [-0.25, -0.2) is 0 Å². The van der Waals surface area contributed by atoms with E-state index in [2.05, 4.69) is 59.8 Å². The number of benzene rings is 1. The zero-order chi connectivity index (χ0) is 13.9. The number of rotatable bonds is 3. The van der Waals surface area contributed by atoms with E-state index in [0.29, 0.717) is 6.04 Å². The number of aryl methyl sites for hydroxylation is 2. The van der Waals surface area contributed by atoms with Crippen LogP contribution in [0.5, 0.6) is 0 Å². The Labute approximate surface area is 149 Å². The molecule has 0 unspecified atom stereocenters. The van der Waals surface area contributed by atoms with Crippen LogP contribution >= 0.6 is 36.2 Å². The molecule has 2 aromatic rings. The molecule has 122 valence electrons. The zero-order valence-corrected chi connectivity index (χ0v) is 15.5. The van der Waals surface area contributed by atoms with Crippen LogP contribution in [0.1, 0.15) is 27.6 Å². The predicted octanol–water partition coefficient (Wildman–Crippen LogP) is 4.20. The third kappa shape index (κ3) is 4.24. The van der Waals surface area contributed by atoms with E-state index in [9.17, 15) is 0 Å². The van der Waals surface area contributed by atoms with E-state index in [-0.39, 0.29) is 24.8 Å². The van der Waals surface area contributed by atoms with Gasteiger partial charge < -0.3 is 5.32 Å². The molecule has 0 radical (unpaired) electrons. The van der Waals surface area contributed by atoms with Crippen molar-refractivity contribution in [3.8, 4) is 0 Å². The lowest BCUT2D eigenvalue weighted by Crippen LogP contribution is -2.45. The third-order valence-electron chi connectivity index (χ3n) is 4.05. The van der Waals surface area contributed by atoms with Gasteiger partial charge in [-0.15, -0.1) is 36.2 Å². The minimum atomic E-state index is 0. The fraction of sp³-hybridized carbons (Fsp3) is 0.412. The SMILES string of the molecule is Cc1ccc([C@@H](c2cccs2)N2CCNCC2)c(C)c1.Cl.Cl. The standard InChI is InChI=1S/C17H22N2S.2ClH/c1-13-5-6-15(14(2)12-13)17(16-4-3-11-20-16)19-9-7-18-8-10-19;;/h3-6,11-12,17-18H,7-10H2,1-2H3;2*1H/t17-;;/m0../s1. The van der Waals surface area contributed by atoms with E-state index in [1.165, 1.54) is 21.6 Å². The van der Waals surface area contributed by atoms with Crippen molar-refractivity contribution in [3.05, 3.63) is 57.3 Å². The van der Waals surface area contributed by atoms with Gasteiger partial charge in [0.1, 0.15) is 0 Å². The summed E-state index contributed by atoms with van der Waals surface area (Å²) in [5.74, 6) is 0. The highest BCUT2D eigenvalue weighted by molar-refractivity contribution is 7.10. The predicted molar refractivity (Wildman–Crippen MR) is 101 cm³/mol. The first-order chi connectivity index (χ1) is 9.75. The van der Waals surface area contributed by atoms with E-state index in [4.69, 9.17) is 0 Å². The molecule has 0 spiro atoms. The highest BCUT2D eigenvalue weighted by Gasteiger charge is 2.25. The molecule has 1 N–H and O–H groups in total. The van der Waals surface area contributed by atoms with Crippen LogP contribution in [0.15, 0.2) is 35.7 Å². The molecule has 1 aromatic heterocycles. The quantitative estimate of drug-likeness (QED) is 0.884. The third-order valence-corrected chi connectivity index (χ3v) is 4.97. The molecule has 2 heterocycles.